The van der Waals surface area contributed by atoms with Gasteiger partial charge in [0.1, 0.15) is 34.5 Å². The van der Waals surface area contributed by atoms with Crippen LogP contribution in [0, 0.1) is 13.8 Å². The van der Waals surface area contributed by atoms with Crippen LogP contribution >= 0.6 is 0 Å². The van der Waals surface area contributed by atoms with Crippen molar-refractivity contribution in [2.45, 2.75) is 53.4 Å². The summed E-state index contributed by atoms with van der Waals surface area (Å²) in [6, 6.07) is 15.5. The van der Waals surface area contributed by atoms with Crippen LogP contribution in [0.3, 0.4) is 0 Å². The molecule has 0 radical (unpaired) electrons. The molecule has 0 bridgehead atoms. The Morgan fingerprint density at radius 1 is 0.951 bits per heavy atom. The molecule has 3 aromatic carbocycles. The molecule has 0 aliphatic heterocycles. The normalized spacial score (nSPS) is 10.6. The van der Waals surface area contributed by atoms with Crippen molar-refractivity contribution < 1.29 is 63.3 Å². The van der Waals surface area contributed by atoms with Crippen LogP contribution in [0.5, 0.6) is 28.7 Å². The van der Waals surface area contributed by atoms with Gasteiger partial charge in [0, 0.05) is 29.2 Å². The molecule has 0 saturated heterocycles. The van der Waals surface area contributed by atoms with Crippen molar-refractivity contribution in [3.63, 3.8) is 0 Å². The molecule has 0 aliphatic rings. The van der Waals surface area contributed by atoms with E-state index < -0.39 is 5.97 Å². The summed E-state index contributed by atoms with van der Waals surface area (Å²) >= 11 is 0. The Morgan fingerprint density at radius 3 is 2.29 bits per heavy atom. The molecule has 1 N–H and O–H groups in total. The molecule has 0 spiro atoms. The number of phenols is 1. The molecule has 1 heterocycles. The fourth-order valence-electron chi connectivity index (χ4n) is 4.63. The van der Waals surface area contributed by atoms with E-state index in [1.165, 1.54) is 6.07 Å². The van der Waals surface area contributed by atoms with Gasteiger partial charge >= 0.3 is 29.6 Å². The molecule has 4 aromatic rings. The van der Waals surface area contributed by atoms with Crippen LogP contribution < -0.4 is 48.9 Å². The van der Waals surface area contributed by atoms with E-state index in [1.54, 1.807) is 30.3 Å². The zero-order valence-electron chi connectivity index (χ0n) is 24.3. The first-order valence-corrected chi connectivity index (χ1v) is 13.5. The molecule has 0 amide bonds. The number of para-hydroxylation sites is 1. The molecule has 0 atom stereocenters. The number of aromatic hydroxyl groups is 1. The summed E-state index contributed by atoms with van der Waals surface area (Å²) in [5.74, 6) is 1.55. The topological polar surface area (TPSA) is 114 Å². The third-order valence-corrected chi connectivity index (χ3v) is 6.58. The van der Waals surface area contributed by atoms with Crippen molar-refractivity contribution in [1.29, 1.82) is 0 Å². The van der Waals surface area contributed by atoms with Gasteiger partial charge in [0.2, 0.25) is 0 Å². The van der Waals surface area contributed by atoms with Gasteiger partial charge in [0.15, 0.2) is 0 Å². The molecule has 1 aromatic heterocycles. The number of rotatable bonds is 13. The van der Waals surface area contributed by atoms with E-state index in [1.807, 2.05) is 39.0 Å². The van der Waals surface area contributed by atoms with Crippen LogP contribution in [0.15, 0.2) is 59.1 Å². The number of carbonyl (C=O) groups is 1. The number of aryl methyl sites for hydroxylation is 3. The molecule has 4 rings (SSSR count). The fraction of sp³-hybridized carbons (Fsp3) is 0.312. The number of ether oxygens (including phenoxy) is 3. The van der Waals surface area contributed by atoms with Crippen molar-refractivity contribution in [3.05, 3.63) is 82.7 Å². The summed E-state index contributed by atoms with van der Waals surface area (Å²) in [6.45, 7) is 8.57. The van der Waals surface area contributed by atoms with Gasteiger partial charge in [0.05, 0.1) is 30.4 Å². The van der Waals surface area contributed by atoms with Gasteiger partial charge in [-0.05, 0) is 62.6 Å². The summed E-state index contributed by atoms with van der Waals surface area (Å²) in [7, 11) is 0. The van der Waals surface area contributed by atoms with Gasteiger partial charge < -0.3 is 33.7 Å². The Labute approximate surface area is 262 Å². The van der Waals surface area contributed by atoms with E-state index in [0.717, 1.165) is 35.2 Å². The largest absolute Gasteiger partial charge is 1.00 e. The molecule has 210 valence electrons. The summed E-state index contributed by atoms with van der Waals surface area (Å²) in [5.41, 5.74) is 4.03. The van der Waals surface area contributed by atoms with Gasteiger partial charge in [-0.15, -0.1) is 0 Å². The number of phenolic OH excluding ortho intramolecular Hbond substituents is 1. The number of aromatic nitrogens is 1. The number of nitrogens with zero attached hydrogens (tertiary/aromatic N) is 1. The quantitative estimate of drug-likeness (QED) is 0.194. The maximum atomic E-state index is 11.5. The summed E-state index contributed by atoms with van der Waals surface area (Å²) in [5, 5.41) is 26.2. The third kappa shape index (κ3) is 7.64. The van der Waals surface area contributed by atoms with E-state index in [0.29, 0.717) is 54.6 Å². The Morgan fingerprint density at radius 2 is 1.63 bits per heavy atom. The molecule has 41 heavy (non-hydrogen) atoms. The summed E-state index contributed by atoms with van der Waals surface area (Å²) < 4.78 is 23.4. The summed E-state index contributed by atoms with van der Waals surface area (Å²) in [4.78, 5) is 11.5. The van der Waals surface area contributed by atoms with Gasteiger partial charge in [0.25, 0.3) is 0 Å². The number of hydrogen-bond donors (Lipinski definition) is 1. The number of hydrogen-bond acceptors (Lipinski definition) is 8. The number of aromatic carboxylic acids is 1. The first kappa shape index (κ1) is 32.1. The standard InChI is InChI=1S/C32H35NO7.Na/c1-5-11-23-27(14-9-15-28(23)39-29-13-8-7-12-24(29)32(35)36)37-16-10-17-38-30-19-26(34)25(18-22(30)6-2)31-20(3)33-40-21(31)4;/h7-9,12-15,18-19,34H,5-6,10-11,16-17H2,1-4H3,(H,35,36);/q;+1/p-1. The van der Waals surface area contributed by atoms with Gasteiger partial charge in [-0.3, -0.25) is 0 Å². The number of benzene rings is 3. The monoisotopic (exact) mass is 567 g/mol. The van der Waals surface area contributed by atoms with Crippen molar-refractivity contribution in [1.82, 2.24) is 5.16 Å². The van der Waals surface area contributed by atoms with E-state index in [4.69, 9.17) is 18.7 Å². The predicted octanol–water partition coefficient (Wildman–Crippen LogP) is 3.19. The van der Waals surface area contributed by atoms with Crippen molar-refractivity contribution in [2.75, 3.05) is 13.2 Å². The fourth-order valence-corrected chi connectivity index (χ4v) is 4.63. The zero-order valence-corrected chi connectivity index (χ0v) is 26.3. The van der Waals surface area contributed by atoms with Gasteiger partial charge in [-0.1, -0.05) is 43.6 Å². The van der Waals surface area contributed by atoms with E-state index >= 15 is 0 Å². The van der Waals surface area contributed by atoms with Crippen molar-refractivity contribution >= 4 is 5.97 Å². The van der Waals surface area contributed by atoms with Gasteiger partial charge in [-0.2, -0.15) is 0 Å². The molecular formula is C32H34NNaO7. The number of carboxylic acids is 1. The Hall–Kier alpha value is -3.46. The summed E-state index contributed by atoms with van der Waals surface area (Å²) in [6.07, 6.45) is 2.90. The molecule has 0 saturated carbocycles. The van der Waals surface area contributed by atoms with Crippen LogP contribution in [0.2, 0.25) is 0 Å². The van der Waals surface area contributed by atoms with Crippen LogP contribution in [0.4, 0.5) is 0 Å². The maximum absolute atomic E-state index is 11.5. The molecule has 0 unspecified atom stereocenters. The second-order valence-corrected chi connectivity index (χ2v) is 9.45. The van der Waals surface area contributed by atoms with E-state index in [2.05, 4.69) is 12.1 Å². The first-order chi connectivity index (χ1) is 19.3. The minimum Gasteiger partial charge on any atom is -0.545 e. The third-order valence-electron chi connectivity index (χ3n) is 6.58. The van der Waals surface area contributed by atoms with Crippen LogP contribution in [-0.4, -0.2) is 29.4 Å². The molecule has 0 fully saturated rings. The average molecular weight is 568 g/mol. The smallest absolute Gasteiger partial charge is 0.545 e. The number of carbonyl (C=O) groups excluding carboxylic acids is 1. The molecule has 0 aliphatic carbocycles. The van der Waals surface area contributed by atoms with Crippen LogP contribution in [-0.2, 0) is 12.8 Å². The second-order valence-electron chi connectivity index (χ2n) is 9.45. The minimum atomic E-state index is -1.29. The molecule has 8 nitrogen and oxygen atoms in total. The van der Waals surface area contributed by atoms with Crippen LogP contribution in [0.25, 0.3) is 11.1 Å². The number of carboxylic acid groups (broad SMARTS) is 1. The zero-order chi connectivity index (χ0) is 28.6. The molecule has 9 heteroatoms. The van der Waals surface area contributed by atoms with E-state index in [9.17, 15) is 15.0 Å². The second kappa shape index (κ2) is 15.0. The van der Waals surface area contributed by atoms with Crippen molar-refractivity contribution in [2.24, 2.45) is 0 Å². The van der Waals surface area contributed by atoms with Gasteiger partial charge in [-0.25, -0.2) is 0 Å². The SMILES string of the molecule is CCCc1c(OCCCOc2cc(O)c(-c3c(C)noc3C)cc2CC)cccc1Oc1ccccc1C(=O)[O-].[Na+]. The Balaban J connectivity index is 0.00000462. The average Bonchev–Trinajstić information content (AvgIpc) is 3.27. The first-order valence-electron chi connectivity index (χ1n) is 13.5. The minimum absolute atomic E-state index is 0. The maximum Gasteiger partial charge on any atom is 1.00 e. The van der Waals surface area contributed by atoms with E-state index in [-0.39, 0.29) is 46.6 Å². The Kier molecular flexibility index (Phi) is 11.7. The predicted molar refractivity (Wildman–Crippen MR) is 149 cm³/mol. The van der Waals surface area contributed by atoms with Crippen molar-refractivity contribution in [3.8, 4) is 39.9 Å². The molecular weight excluding hydrogens is 533 g/mol. The van der Waals surface area contributed by atoms with Crippen LogP contribution in [0.1, 0.15) is 59.6 Å². The Bertz CT molecular complexity index is 1460.